The fraction of sp³-hybridized carbons (Fsp3) is 0.273. The maximum absolute atomic E-state index is 11.6. The van der Waals surface area contributed by atoms with Crippen molar-refractivity contribution in [2.45, 2.75) is 13.3 Å². The summed E-state index contributed by atoms with van der Waals surface area (Å²) < 4.78 is 0. The third-order valence-corrected chi connectivity index (χ3v) is 15.1. The van der Waals surface area contributed by atoms with Gasteiger partial charge in [-0.15, -0.1) is 0 Å². The predicted octanol–water partition coefficient (Wildman–Crippen LogP) is -22.2. The molecule has 0 aromatic heterocycles. The van der Waals surface area contributed by atoms with Gasteiger partial charge < -0.3 is 10.6 Å². The SMILES string of the molecule is CCN1C(=O)Cc2c(C(N)=O)cccc21.[B]B([B])B([B])B(B(B([B])[B])B([B])[B])B(B(B(B([B])[B])B([B])[B])B(B([B])[B])B([B])[B])B(B(B(B([B])[B])B([B])[B])B(B([B])[B])B([B])[B])B(B(B([B])[B])B([B])[B])B(B([B])[B])B([B])[B]. The largest absolute Gasteiger partial charge is 0.366 e. The van der Waals surface area contributed by atoms with Gasteiger partial charge in [0.1, 0.15) is 0 Å². The smallest absolute Gasteiger partial charge is 0.249 e. The van der Waals surface area contributed by atoms with Gasteiger partial charge in [-0.2, -0.15) is 0 Å². The fourth-order valence-corrected chi connectivity index (χ4v) is 12.2. The monoisotopic (exact) mass is 865 g/mol. The summed E-state index contributed by atoms with van der Waals surface area (Å²) in [6.07, 6.45) is -41.3. The summed E-state index contributed by atoms with van der Waals surface area (Å²) in [6, 6.07) is 5.25. The molecule has 1 heterocycles. The van der Waals surface area contributed by atoms with Crippen LogP contribution in [0.1, 0.15) is 22.8 Å². The first-order chi connectivity index (χ1) is 34.4. The van der Waals surface area contributed by atoms with E-state index in [-0.39, 0.29) is 12.3 Å². The zero-order valence-electron chi connectivity index (χ0n) is 43.1. The molecule has 0 atom stereocenters. The molecule has 4 nitrogen and oxygen atoms in total. The first-order valence-electron chi connectivity index (χ1n) is 24.5. The van der Waals surface area contributed by atoms with Gasteiger partial charge in [-0.25, -0.2) is 0 Å². The van der Waals surface area contributed by atoms with Gasteiger partial charge in [0.15, 0.2) is 0 Å². The Bertz CT molecular complexity index is 1660. The van der Waals surface area contributed by atoms with Crippen molar-refractivity contribution in [1.82, 2.24) is 0 Å². The van der Waals surface area contributed by atoms with Crippen LogP contribution in [-0.4, -0.2) is 443 Å². The Balaban J connectivity index is 0.00000157. The van der Waals surface area contributed by atoms with Crippen molar-refractivity contribution in [3.8, 4) is 0 Å². The van der Waals surface area contributed by atoms with Crippen molar-refractivity contribution in [3.05, 3.63) is 29.3 Å². The molecular weight excluding hydrogens is 841 g/mol. The lowest BCUT2D eigenvalue weighted by Gasteiger charge is -2.59. The van der Waals surface area contributed by atoms with Crippen LogP contribution in [0.5, 0.6) is 0 Å². The van der Waals surface area contributed by atoms with Gasteiger partial charge >= 0.3 is 0 Å². The topological polar surface area (TPSA) is 63.4 Å². The molecule has 2 rings (SSSR count). The number of benzene rings is 1. The molecule has 0 saturated heterocycles. The summed E-state index contributed by atoms with van der Waals surface area (Å²) in [4.78, 5) is 24.4. The Morgan fingerprint density at radius 2 is 0.613 bits per heavy atom. The molecule has 0 saturated carbocycles. The zero-order chi connectivity index (χ0) is 58.7. The van der Waals surface area contributed by atoms with Crippen LogP contribution in [0.15, 0.2) is 18.2 Å². The van der Waals surface area contributed by atoms with E-state index in [0.29, 0.717) is 12.1 Å². The Labute approximate surface area is 507 Å². The number of likely N-dealkylation sites (N-methyl/N-ethyl adjacent to an activating group) is 1. The second-order valence-corrected chi connectivity index (χ2v) is 20.2. The minimum absolute atomic E-state index is 0.0289. The molecule has 75 heavy (non-hydrogen) atoms. The summed E-state index contributed by atoms with van der Waals surface area (Å²) in [7, 11) is 204. The summed E-state index contributed by atoms with van der Waals surface area (Å²) in [5.41, 5.74) is 7.29. The zero-order valence-corrected chi connectivity index (χ0v) is 43.1. The number of anilines is 1. The van der Waals surface area contributed by atoms with Gasteiger partial charge in [0.2, 0.25) is 11.8 Å². The molecule has 64 heteroatoms. The van der Waals surface area contributed by atoms with Crippen molar-refractivity contribution in [3.63, 3.8) is 0 Å². The van der Waals surface area contributed by atoms with Crippen LogP contribution in [0, 0.1) is 0 Å². The Morgan fingerprint density at radius 1 is 0.387 bits per heavy atom. The van der Waals surface area contributed by atoms with Crippen molar-refractivity contribution >= 4 is 443 Å². The highest BCUT2D eigenvalue weighted by Crippen LogP contribution is 2.31. The third kappa shape index (κ3) is 19.6. The average molecular weight is 853 g/mol. The minimum atomic E-state index is -1.52. The molecule has 0 fully saturated rings. The van der Waals surface area contributed by atoms with Crippen molar-refractivity contribution in [1.29, 1.82) is 0 Å². The van der Waals surface area contributed by atoms with E-state index in [0.717, 1.165) is 11.3 Å². The molecule has 2 N–H and O–H groups in total. The molecule has 0 aliphatic carbocycles. The molecule has 62 radical (unpaired) electrons. The van der Waals surface area contributed by atoms with Crippen LogP contribution < -0.4 is 10.6 Å². The van der Waals surface area contributed by atoms with Crippen LogP contribution in [0.2, 0.25) is 0 Å². The first-order valence-corrected chi connectivity index (χ1v) is 24.5. The summed E-state index contributed by atoms with van der Waals surface area (Å²) in [6.45, 7) is 2.53. The molecule has 1 aliphatic rings. The summed E-state index contributed by atoms with van der Waals surface area (Å²) in [5.74, 6) is -0.446. The van der Waals surface area contributed by atoms with E-state index in [1.54, 1.807) is 17.0 Å². The Kier molecular flexibility index (Phi) is 34.2. The maximum Gasteiger partial charge on any atom is 0.249 e. The van der Waals surface area contributed by atoms with E-state index >= 15 is 0 Å². The number of primary amides is 1. The third-order valence-electron chi connectivity index (χ3n) is 15.1. The molecule has 1 aliphatic heterocycles. The number of hydrogen-bond donors (Lipinski definition) is 1. The number of nitrogens with zero attached hydrogens (tertiary/aromatic N) is 1. The molecule has 0 unspecified atom stereocenters. The molecule has 0 bridgehead atoms. The minimum Gasteiger partial charge on any atom is -0.366 e. The highest BCUT2D eigenvalue weighted by atomic mass is 16.2. The number of fused-ring (bicyclic) bond motifs is 1. The van der Waals surface area contributed by atoms with Gasteiger partial charge in [-0.05, 0) is 24.6 Å². The van der Waals surface area contributed by atoms with Gasteiger partial charge in [0.05, 0.1) is 6.42 Å². The lowest BCUT2D eigenvalue weighted by atomic mass is 8.23. The van der Waals surface area contributed by atoms with Crippen LogP contribution in [0.25, 0.3) is 0 Å². The standard InChI is InChI=1S/C11H12N2O2.B60/c1-2-13-9-5-3-4-7(11(12)15)8(9)6-10(13)14;1-32(2)47(31)55(48(33(3)4)34(5)6)59(56(49(35(7)8)36(9)10)50(37(11)12)38(13)14)60(57(51(39(15)16)40(17)18)52(41(19)20)42(21)22)58(53(43(23)24)44(25)26)54(45(27)28)46(29)30/h3-5H,2,6H2,1H3,(H2,12,15);. The number of carbonyl (C=O) groups excluding carboxylic acids is 2. The van der Waals surface area contributed by atoms with Crippen molar-refractivity contribution in [2.24, 2.45) is 5.73 Å². The number of carbonyl (C=O) groups is 2. The highest BCUT2D eigenvalue weighted by Gasteiger charge is 2.62. The molecule has 0 spiro atoms. The summed E-state index contributed by atoms with van der Waals surface area (Å²) in [5, 5.41) is 0. The quantitative estimate of drug-likeness (QED) is 0.0784. The predicted molar refractivity (Wildman–Crippen MR) is 402 cm³/mol. The van der Waals surface area contributed by atoms with E-state index < -0.39 is 191 Å². The van der Waals surface area contributed by atoms with Crippen LogP contribution in [0.3, 0.4) is 0 Å². The van der Waals surface area contributed by atoms with Gasteiger partial charge in [0.25, 0.3) is 0 Å². The average Bonchev–Trinajstić information content (AvgIpc) is 3.56. The number of nitrogens with two attached hydrogens (primary N) is 1. The van der Waals surface area contributed by atoms with E-state index in [9.17, 15) is 9.59 Å². The van der Waals surface area contributed by atoms with Gasteiger partial charge in [-0.3, -0.25) is 9.59 Å². The van der Waals surface area contributed by atoms with Crippen LogP contribution in [0.4, 0.5) is 5.69 Å². The second-order valence-electron chi connectivity index (χ2n) is 20.2. The van der Waals surface area contributed by atoms with E-state index in [4.69, 9.17) is 246 Å². The normalized spacial score (nSPS) is 10.6. The van der Waals surface area contributed by atoms with E-state index in [1.807, 2.05) is 13.0 Å². The molecule has 2 amide bonds. The fourth-order valence-electron chi connectivity index (χ4n) is 12.2. The van der Waals surface area contributed by atoms with Crippen molar-refractivity contribution < 1.29 is 9.59 Å². The molecule has 1 aromatic carbocycles. The van der Waals surface area contributed by atoms with E-state index in [2.05, 4.69) is 0 Å². The van der Waals surface area contributed by atoms with Crippen LogP contribution in [-0.2, 0) is 11.2 Å². The molecular formula is C11H12B60N2O2. The van der Waals surface area contributed by atoms with E-state index in [1.165, 1.54) is 0 Å². The molecule has 1 aromatic rings. The summed E-state index contributed by atoms with van der Waals surface area (Å²) >= 11 is 0. The van der Waals surface area contributed by atoms with Gasteiger partial charge in [0, 0.05) is 443 Å². The Morgan fingerprint density at radius 3 is 0.827 bits per heavy atom. The first kappa shape index (κ1) is 75.1. The van der Waals surface area contributed by atoms with Gasteiger partial charge in [-0.1, -0.05) is 6.07 Å². The lowest BCUT2D eigenvalue weighted by molar-refractivity contribution is -0.117. The number of rotatable bonds is 30. The lowest BCUT2D eigenvalue weighted by Crippen LogP contribution is -2.97. The number of hydrogen-bond acceptors (Lipinski definition) is 2. The van der Waals surface area contributed by atoms with Crippen molar-refractivity contribution in [2.75, 3.05) is 11.4 Å². The maximum atomic E-state index is 11.6. The second kappa shape index (κ2) is 34.1. The number of amides is 2. The highest BCUT2D eigenvalue weighted by molar-refractivity contribution is 8.38. The Hall–Kier alpha value is 2.06. The van der Waals surface area contributed by atoms with Crippen LogP contribution >= 0.6 is 0 Å². The molecule has 258 valence electrons.